The largest absolute Gasteiger partial charge is 0.391 e. The number of aliphatic hydroxyl groups is 1. The third-order valence-electron chi connectivity index (χ3n) is 13.0. The highest BCUT2D eigenvalue weighted by atomic mass is 16.3. The summed E-state index contributed by atoms with van der Waals surface area (Å²) in [4.78, 5) is 78.9. The molecule has 2 fully saturated rings. The van der Waals surface area contributed by atoms with Gasteiger partial charge in [-0.1, -0.05) is 52.9 Å². The van der Waals surface area contributed by atoms with Gasteiger partial charge in [-0.3, -0.25) is 28.9 Å². The number of aromatic amines is 1. The summed E-state index contributed by atoms with van der Waals surface area (Å²) in [6.07, 6.45) is 10.7. The molecule has 2 aromatic heterocycles. The number of carbonyl (C=O) groups is 4. The number of aryl methyl sites for hydroxylation is 2. The van der Waals surface area contributed by atoms with E-state index in [-0.39, 0.29) is 47.8 Å². The van der Waals surface area contributed by atoms with Gasteiger partial charge < -0.3 is 46.6 Å². The molecule has 2 aliphatic heterocycles. The first-order valence-corrected chi connectivity index (χ1v) is 24.8. The molecular weight excluding hydrogens is 861 g/mol. The molecule has 0 aliphatic carbocycles. The number of piperazine rings is 1. The van der Waals surface area contributed by atoms with E-state index >= 15 is 0 Å². The molecule has 1 aromatic carbocycles. The Morgan fingerprint density at radius 3 is 2.15 bits per heavy atom. The number of amides is 4. The van der Waals surface area contributed by atoms with Crippen molar-refractivity contribution in [3.63, 3.8) is 0 Å². The van der Waals surface area contributed by atoms with Crippen LogP contribution in [0.4, 0.5) is 11.5 Å². The van der Waals surface area contributed by atoms with E-state index in [2.05, 4.69) is 36.1 Å². The molecule has 16 heteroatoms. The van der Waals surface area contributed by atoms with Gasteiger partial charge in [0, 0.05) is 118 Å². The van der Waals surface area contributed by atoms with Gasteiger partial charge in [-0.05, 0) is 101 Å². The van der Waals surface area contributed by atoms with Crippen LogP contribution in [-0.2, 0) is 20.9 Å². The van der Waals surface area contributed by atoms with Gasteiger partial charge in [0.05, 0.1) is 11.7 Å². The van der Waals surface area contributed by atoms with E-state index in [0.29, 0.717) is 54.7 Å². The summed E-state index contributed by atoms with van der Waals surface area (Å²) in [6.45, 7) is 20.6. The zero-order valence-electron chi connectivity index (χ0n) is 41.9. The number of aromatic nitrogens is 2. The molecular formula is C52H78N10O6. The van der Waals surface area contributed by atoms with E-state index in [4.69, 9.17) is 10.4 Å². The van der Waals surface area contributed by atoms with Crippen LogP contribution in [0.25, 0.3) is 11.1 Å². The van der Waals surface area contributed by atoms with Gasteiger partial charge in [0.25, 0.3) is 11.5 Å². The van der Waals surface area contributed by atoms with Crippen LogP contribution in [0, 0.1) is 24.7 Å². The monoisotopic (exact) mass is 939 g/mol. The maximum atomic E-state index is 13.7. The molecule has 4 heterocycles. The number of benzene rings is 1. The maximum absolute atomic E-state index is 13.7. The Labute approximate surface area is 403 Å². The lowest BCUT2D eigenvalue weighted by atomic mass is 9.85. The average Bonchev–Trinajstić information content (AvgIpc) is 3.63. The fourth-order valence-corrected chi connectivity index (χ4v) is 9.16. The van der Waals surface area contributed by atoms with Crippen LogP contribution in [0.5, 0.6) is 0 Å². The Balaban J connectivity index is 0.973. The number of hydrogen-bond acceptors (Lipinski definition) is 11. The zero-order valence-corrected chi connectivity index (χ0v) is 41.9. The molecule has 5 rings (SSSR count). The highest BCUT2D eigenvalue weighted by Gasteiger charge is 2.40. The van der Waals surface area contributed by atoms with E-state index in [9.17, 15) is 29.1 Å². The first-order valence-electron chi connectivity index (χ1n) is 24.8. The fraction of sp³-hybridized carbons (Fsp3) is 0.596. The second kappa shape index (κ2) is 25.1. The highest BCUT2D eigenvalue weighted by Crippen LogP contribution is 2.30. The van der Waals surface area contributed by atoms with Crippen molar-refractivity contribution in [2.45, 2.75) is 150 Å². The summed E-state index contributed by atoms with van der Waals surface area (Å²) < 4.78 is 0. The molecule has 372 valence electrons. The molecule has 1 unspecified atom stereocenters. The number of hydrogen-bond donors (Lipinski definition) is 7. The van der Waals surface area contributed by atoms with Crippen LogP contribution >= 0.6 is 0 Å². The Morgan fingerprint density at radius 2 is 1.57 bits per heavy atom. The van der Waals surface area contributed by atoms with Crippen molar-refractivity contribution >= 4 is 41.3 Å². The Hall–Kier alpha value is -5.61. The van der Waals surface area contributed by atoms with Gasteiger partial charge >= 0.3 is 0 Å². The Kier molecular flexibility index (Phi) is 19.7. The maximum Gasteiger partial charge on any atom is 0.253 e. The highest BCUT2D eigenvalue weighted by molar-refractivity contribution is 6.06. The number of nitrogens with zero attached hydrogens (tertiary/aromatic N) is 4. The second-order valence-electron chi connectivity index (χ2n) is 20.2. The van der Waals surface area contributed by atoms with Crippen molar-refractivity contribution in [3.05, 3.63) is 74.8 Å². The van der Waals surface area contributed by atoms with Gasteiger partial charge in [-0.2, -0.15) is 0 Å². The number of nitrogens with one attached hydrogen (secondary N) is 6. The summed E-state index contributed by atoms with van der Waals surface area (Å²) in [5.74, 6) is 0.344. The van der Waals surface area contributed by atoms with Gasteiger partial charge in [-0.25, -0.2) is 4.98 Å². The number of β-amino-alcohol motifs (C(OH)–C–C–N with tert-alkyl or cyclic N) is 1. The molecule has 4 amide bonds. The van der Waals surface area contributed by atoms with E-state index in [1.54, 1.807) is 11.0 Å². The molecule has 3 aromatic rings. The number of aliphatic hydroxyl groups excluding tert-OH is 1. The third-order valence-corrected chi connectivity index (χ3v) is 13.0. The number of H-pyrrole nitrogens is 1. The third kappa shape index (κ3) is 15.5. The minimum atomic E-state index is -0.628. The lowest BCUT2D eigenvalue weighted by molar-refractivity contribution is -0.140. The lowest BCUT2D eigenvalue weighted by Gasteiger charge is -2.35. The van der Waals surface area contributed by atoms with Crippen molar-refractivity contribution in [1.29, 1.82) is 5.41 Å². The normalized spacial score (nSPS) is 17.0. The summed E-state index contributed by atoms with van der Waals surface area (Å²) in [5.41, 5.74) is 4.44. The number of unbranched alkanes of at least 4 members (excludes halogenated alkanes) is 6. The fourth-order valence-electron chi connectivity index (χ4n) is 9.16. The quantitative estimate of drug-likeness (QED) is 0.0431. The summed E-state index contributed by atoms with van der Waals surface area (Å²) in [7, 11) is 0. The minimum absolute atomic E-state index is 0.0433. The van der Waals surface area contributed by atoms with Crippen LogP contribution in [0.3, 0.4) is 0 Å². The predicted octanol–water partition coefficient (Wildman–Crippen LogP) is 6.06. The molecule has 0 spiro atoms. The summed E-state index contributed by atoms with van der Waals surface area (Å²) in [5, 5.41) is 30.6. The van der Waals surface area contributed by atoms with Crippen LogP contribution < -0.4 is 31.7 Å². The van der Waals surface area contributed by atoms with E-state index in [1.807, 2.05) is 85.9 Å². The zero-order chi connectivity index (χ0) is 49.5. The average molecular weight is 939 g/mol. The summed E-state index contributed by atoms with van der Waals surface area (Å²) >= 11 is 0. The topological polar surface area (TPSA) is 216 Å². The lowest BCUT2D eigenvalue weighted by Crippen LogP contribution is -2.55. The molecule has 0 radical (unpaired) electrons. The number of anilines is 2. The standard InChI is InChI=1S/C52H78N10O6/c1-34(2)57-44-29-39(28-41(42(44)30-53)49(66)56-32-43-35(3)26-36(4)58-50(43)67)38-18-19-45(55-31-38)61-24-22-60(23-25-61)21-20-54-46(64)16-14-12-10-9-11-13-15-17-47(65)59-48(52(6,7)8)51(68)62-33-40(63)27-37(62)5/h18-19,26,28-31,34,37,40,48,53,57,63H,9-17,20-25,27,32-33H2,1-8H3,(H,54,64)(H,56,66)(H,58,67)(H,59,65)/t37-,40-,48?/m1/s1. The first kappa shape index (κ1) is 53.3. The number of rotatable bonds is 23. The molecule has 68 heavy (non-hydrogen) atoms. The molecule has 2 saturated heterocycles. The number of pyridine rings is 2. The molecule has 0 saturated carbocycles. The Morgan fingerprint density at radius 1 is 0.912 bits per heavy atom. The van der Waals surface area contributed by atoms with Gasteiger partial charge in [0.2, 0.25) is 17.7 Å². The van der Waals surface area contributed by atoms with Gasteiger partial charge in [0.1, 0.15) is 11.9 Å². The van der Waals surface area contributed by atoms with E-state index < -0.39 is 17.6 Å². The van der Waals surface area contributed by atoms with Crippen LogP contribution in [0.15, 0.2) is 41.3 Å². The van der Waals surface area contributed by atoms with Crippen LogP contribution in [-0.4, -0.2) is 125 Å². The van der Waals surface area contributed by atoms with E-state index in [1.165, 1.54) is 6.21 Å². The van der Waals surface area contributed by atoms with Crippen LogP contribution in [0.1, 0.15) is 138 Å². The smallest absolute Gasteiger partial charge is 0.253 e. The molecule has 0 bridgehead atoms. The molecule has 16 nitrogen and oxygen atoms in total. The minimum Gasteiger partial charge on any atom is -0.391 e. The second-order valence-corrected chi connectivity index (χ2v) is 20.2. The predicted molar refractivity (Wildman–Crippen MR) is 270 cm³/mol. The van der Waals surface area contributed by atoms with Crippen molar-refractivity contribution in [2.75, 3.05) is 56.0 Å². The van der Waals surface area contributed by atoms with Crippen molar-refractivity contribution in [2.24, 2.45) is 5.41 Å². The Bertz CT molecular complexity index is 2250. The van der Waals surface area contributed by atoms with Crippen molar-refractivity contribution in [3.8, 4) is 11.1 Å². The molecule has 7 N–H and O–H groups in total. The van der Waals surface area contributed by atoms with Crippen molar-refractivity contribution < 1.29 is 24.3 Å². The molecule has 3 atom stereocenters. The first-order chi connectivity index (χ1) is 32.3. The number of carbonyl (C=O) groups excluding carboxylic acids is 4. The van der Waals surface area contributed by atoms with Gasteiger partial charge in [0.15, 0.2) is 0 Å². The summed E-state index contributed by atoms with van der Waals surface area (Å²) in [6, 6.07) is 8.98. The SMILES string of the molecule is Cc1cc(C)c(CNC(=O)c2cc(-c3ccc(N4CCN(CCNC(=O)CCCCCCCCCC(=O)NC(C(=O)N5C[C@H](O)C[C@H]5C)C(C)(C)C)CC4)nc3)cc(NC(C)C)c2C=N)c(=O)[nH]1. The molecule has 2 aliphatic rings. The van der Waals surface area contributed by atoms with Crippen LogP contribution in [0.2, 0.25) is 0 Å². The van der Waals surface area contributed by atoms with Gasteiger partial charge in [-0.15, -0.1) is 0 Å². The number of likely N-dealkylation sites (tertiary alicyclic amines) is 1. The van der Waals surface area contributed by atoms with E-state index in [0.717, 1.165) is 106 Å². The van der Waals surface area contributed by atoms with Crippen molar-refractivity contribution in [1.82, 2.24) is 35.7 Å².